The lowest BCUT2D eigenvalue weighted by Crippen LogP contribution is -2.03. The molecule has 1 heterocycles. The molecule has 25 heavy (non-hydrogen) atoms. The standard InChI is InChI=1S/C21H23NO3/c1-3-9-24-16-11-15(12-17(13-16)25-10-4-2)20-14-21(23)18-7-5-6-8-19(18)22-20/h5-8,11-14H,3-4,9-10H2,1-2H3,(H,22,23). The topological polar surface area (TPSA) is 51.3 Å². The molecule has 4 nitrogen and oxygen atoms in total. The minimum absolute atomic E-state index is 0.000237. The monoisotopic (exact) mass is 337 g/mol. The van der Waals surface area contributed by atoms with Crippen molar-refractivity contribution in [3.63, 3.8) is 0 Å². The second-order valence-corrected chi connectivity index (χ2v) is 5.98. The van der Waals surface area contributed by atoms with E-state index in [1.807, 2.05) is 42.5 Å². The average molecular weight is 337 g/mol. The van der Waals surface area contributed by atoms with Crippen molar-refractivity contribution in [1.82, 2.24) is 4.98 Å². The maximum absolute atomic E-state index is 12.4. The van der Waals surface area contributed by atoms with Crippen LogP contribution in [0.1, 0.15) is 26.7 Å². The molecule has 0 amide bonds. The highest BCUT2D eigenvalue weighted by atomic mass is 16.5. The van der Waals surface area contributed by atoms with E-state index in [1.54, 1.807) is 6.07 Å². The number of hydrogen-bond donors (Lipinski definition) is 1. The van der Waals surface area contributed by atoms with Gasteiger partial charge >= 0.3 is 0 Å². The minimum atomic E-state index is 0.000237. The molecule has 0 fully saturated rings. The molecule has 0 atom stereocenters. The molecular weight excluding hydrogens is 314 g/mol. The molecule has 0 aliphatic carbocycles. The number of pyridine rings is 1. The molecule has 0 unspecified atom stereocenters. The summed E-state index contributed by atoms with van der Waals surface area (Å²) in [5.74, 6) is 1.50. The van der Waals surface area contributed by atoms with Gasteiger partial charge in [0.2, 0.25) is 0 Å². The van der Waals surface area contributed by atoms with Crippen molar-refractivity contribution in [2.24, 2.45) is 0 Å². The van der Waals surface area contributed by atoms with E-state index >= 15 is 0 Å². The summed E-state index contributed by atoms with van der Waals surface area (Å²) in [5.41, 5.74) is 2.45. The third kappa shape index (κ3) is 4.02. The molecule has 3 aromatic rings. The van der Waals surface area contributed by atoms with Crippen LogP contribution < -0.4 is 14.9 Å². The molecule has 1 aromatic heterocycles. The zero-order valence-corrected chi connectivity index (χ0v) is 14.7. The summed E-state index contributed by atoms with van der Waals surface area (Å²) in [7, 11) is 0. The van der Waals surface area contributed by atoms with Crippen LogP contribution >= 0.6 is 0 Å². The van der Waals surface area contributed by atoms with Crippen molar-refractivity contribution < 1.29 is 9.47 Å². The molecule has 0 saturated heterocycles. The van der Waals surface area contributed by atoms with Crippen LogP contribution in [-0.4, -0.2) is 18.2 Å². The van der Waals surface area contributed by atoms with Crippen LogP contribution in [0.2, 0.25) is 0 Å². The van der Waals surface area contributed by atoms with Crippen LogP contribution in [-0.2, 0) is 0 Å². The summed E-state index contributed by atoms with van der Waals surface area (Å²) >= 11 is 0. The Labute approximate surface area is 147 Å². The van der Waals surface area contributed by atoms with Crippen molar-refractivity contribution in [3.05, 3.63) is 58.8 Å². The van der Waals surface area contributed by atoms with Crippen molar-refractivity contribution in [3.8, 4) is 22.8 Å². The largest absolute Gasteiger partial charge is 0.493 e. The molecule has 0 saturated carbocycles. The number of hydrogen-bond acceptors (Lipinski definition) is 3. The first-order chi connectivity index (χ1) is 12.2. The molecule has 4 heteroatoms. The summed E-state index contributed by atoms with van der Waals surface area (Å²) in [6, 6.07) is 14.9. The van der Waals surface area contributed by atoms with Crippen molar-refractivity contribution in [2.45, 2.75) is 26.7 Å². The van der Waals surface area contributed by atoms with Crippen LogP contribution in [0, 0.1) is 0 Å². The second kappa shape index (κ2) is 7.88. The van der Waals surface area contributed by atoms with Gasteiger partial charge in [-0.15, -0.1) is 0 Å². The van der Waals surface area contributed by atoms with Crippen molar-refractivity contribution >= 4 is 10.9 Å². The van der Waals surface area contributed by atoms with Gasteiger partial charge in [0.15, 0.2) is 5.43 Å². The molecule has 2 aromatic carbocycles. The van der Waals surface area contributed by atoms with Crippen molar-refractivity contribution in [1.29, 1.82) is 0 Å². The number of nitrogens with one attached hydrogen (secondary N) is 1. The highest BCUT2D eigenvalue weighted by Gasteiger charge is 2.08. The maximum atomic E-state index is 12.4. The Morgan fingerprint density at radius 3 is 2.16 bits per heavy atom. The van der Waals surface area contributed by atoms with Gasteiger partial charge in [-0.3, -0.25) is 4.79 Å². The predicted octanol–water partition coefficient (Wildman–Crippen LogP) is 4.77. The van der Waals surface area contributed by atoms with E-state index in [0.717, 1.165) is 41.1 Å². The Bertz CT molecular complexity index is 888. The molecule has 0 spiro atoms. The van der Waals surface area contributed by atoms with Crippen LogP contribution in [0.4, 0.5) is 0 Å². The lowest BCUT2D eigenvalue weighted by molar-refractivity contribution is 0.302. The van der Waals surface area contributed by atoms with Gasteiger partial charge in [-0.1, -0.05) is 26.0 Å². The molecule has 130 valence electrons. The van der Waals surface area contributed by atoms with Crippen molar-refractivity contribution in [2.75, 3.05) is 13.2 Å². The Hall–Kier alpha value is -2.75. The SMILES string of the molecule is CCCOc1cc(OCCC)cc(-c2cc(=O)c3ccccc3[nH]2)c1. The third-order valence-corrected chi connectivity index (χ3v) is 3.87. The summed E-state index contributed by atoms with van der Waals surface area (Å²) < 4.78 is 11.6. The van der Waals surface area contributed by atoms with Gasteiger partial charge in [-0.2, -0.15) is 0 Å². The summed E-state index contributed by atoms with van der Waals surface area (Å²) in [6.07, 6.45) is 1.87. The fourth-order valence-corrected chi connectivity index (χ4v) is 2.69. The second-order valence-electron chi connectivity index (χ2n) is 5.98. The molecule has 0 aliphatic rings. The van der Waals surface area contributed by atoms with Gasteiger partial charge in [0.05, 0.1) is 13.2 Å². The number of benzene rings is 2. The third-order valence-electron chi connectivity index (χ3n) is 3.87. The van der Waals surface area contributed by atoms with E-state index in [9.17, 15) is 4.79 Å². The van der Waals surface area contributed by atoms with Crippen LogP contribution in [0.5, 0.6) is 11.5 Å². The average Bonchev–Trinajstić information content (AvgIpc) is 2.64. The minimum Gasteiger partial charge on any atom is -0.493 e. The first-order valence-electron chi connectivity index (χ1n) is 8.74. The Kier molecular flexibility index (Phi) is 5.39. The Morgan fingerprint density at radius 2 is 1.52 bits per heavy atom. The van der Waals surface area contributed by atoms with E-state index in [1.165, 1.54) is 0 Å². The first kappa shape index (κ1) is 17.1. The van der Waals surface area contributed by atoms with Gasteiger partial charge in [-0.25, -0.2) is 0 Å². The molecule has 0 bridgehead atoms. The van der Waals surface area contributed by atoms with Gasteiger partial charge in [-0.05, 0) is 37.1 Å². The zero-order valence-electron chi connectivity index (χ0n) is 14.7. The van der Waals surface area contributed by atoms with Crippen LogP contribution in [0.15, 0.2) is 53.3 Å². The molecule has 3 rings (SSSR count). The fraction of sp³-hybridized carbons (Fsp3) is 0.286. The van der Waals surface area contributed by atoms with E-state index in [0.29, 0.717) is 18.6 Å². The fourth-order valence-electron chi connectivity index (χ4n) is 2.69. The number of para-hydroxylation sites is 1. The predicted molar refractivity (Wildman–Crippen MR) is 102 cm³/mol. The normalized spacial score (nSPS) is 10.8. The molecule has 0 aliphatic heterocycles. The number of aromatic nitrogens is 1. The number of aromatic amines is 1. The summed E-state index contributed by atoms with van der Waals surface area (Å²) in [5, 5.41) is 0.687. The summed E-state index contributed by atoms with van der Waals surface area (Å²) in [4.78, 5) is 15.7. The maximum Gasteiger partial charge on any atom is 0.190 e. The highest BCUT2D eigenvalue weighted by molar-refractivity contribution is 5.81. The van der Waals surface area contributed by atoms with Crippen LogP contribution in [0.3, 0.4) is 0 Å². The Balaban J connectivity index is 2.06. The van der Waals surface area contributed by atoms with E-state index in [-0.39, 0.29) is 5.43 Å². The van der Waals surface area contributed by atoms with Crippen LogP contribution in [0.25, 0.3) is 22.2 Å². The number of H-pyrrole nitrogens is 1. The quantitative estimate of drug-likeness (QED) is 0.675. The lowest BCUT2D eigenvalue weighted by atomic mass is 10.1. The highest BCUT2D eigenvalue weighted by Crippen LogP contribution is 2.29. The number of fused-ring (bicyclic) bond motifs is 1. The smallest absolute Gasteiger partial charge is 0.190 e. The molecule has 0 radical (unpaired) electrons. The number of ether oxygens (including phenoxy) is 2. The lowest BCUT2D eigenvalue weighted by Gasteiger charge is -2.12. The van der Waals surface area contributed by atoms with Gasteiger partial charge < -0.3 is 14.5 Å². The molecule has 1 N–H and O–H groups in total. The number of rotatable bonds is 7. The summed E-state index contributed by atoms with van der Waals surface area (Å²) in [6.45, 7) is 5.42. The van der Waals surface area contributed by atoms with E-state index in [4.69, 9.17) is 9.47 Å². The van der Waals surface area contributed by atoms with Gasteiger partial charge in [0.1, 0.15) is 11.5 Å². The Morgan fingerprint density at radius 1 is 0.880 bits per heavy atom. The molecular formula is C21H23NO3. The first-order valence-corrected chi connectivity index (χ1v) is 8.74. The van der Waals surface area contributed by atoms with Gasteiger partial charge in [0, 0.05) is 34.3 Å². The van der Waals surface area contributed by atoms with E-state index < -0.39 is 0 Å². The zero-order chi connectivity index (χ0) is 17.6. The van der Waals surface area contributed by atoms with Gasteiger partial charge in [0.25, 0.3) is 0 Å². The van der Waals surface area contributed by atoms with E-state index in [2.05, 4.69) is 18.8 Å².